The number of allylic oxidation sites excluding steroid dienone is 1. The normalized spacial score (nSPS) is 32.4. The maximum Gasteiger partial charge on any atom is 0.0987 e. The molecule has 2 aliphatic rings. The monoisotopic (exact) mass is 242 g/mol. The quantitative estimate of drug-likeness (QED) is 0.711. The molecule has 16 heavy (non-hydrogen) atoms. The van der Waals surface area contributed by atoms with E-state index in [1.54, 1.807) is 0 Å². The Hall–Kier alpha value is -0.310. The molecule has 0 aromatic rings. The summed E-state index contributed by atoms with van der Waals surface area (Å²) in [7, 11) is -0.582. The van der Waals surface area contributed by atoms with Crippen LogP contribution in [0.25, 0.3) is 0 Å². The van der Waals surface area contributed by atoms with Gasteiger partial charge in [-0.15, -0.1) is 0 Å². The summed E-state index contributed by atoms with van der Waals surface area (Å²) in [4.78, 5) is 0. The van der Waals surface area contributed by atoms with Crippen LogP contribution in [0.1, 0.15) is 45.4 Å². The summed E-state index contributed by atoms with van der Waals surface area (Å²) in [6.07, 6.45) is 9.72. The van der Waals surface area contributed by atoms with Crippen LogP contribution in [-0.2, 0) is 15.5 Å². The van der Waals surface area contributed by atoms with Gasteiger partial charge in [0.05, 0.1) is 12.4 Å². The fraction of sp³-hybridized carbons (Fsp3) is 0.846. The van der Waals surface area contributed by atoms with Gasteiger partial charge in [-0.05, 0) is 44.6 Å². The molecule has 0 aromatic carbocycles. The molecule has 1 aliphatic heterocycles. The summed E-state index contributed by atoms with van der Waals surface area (Å²) >= 11 is 0. The van der Waals surface area contributed by atoms with E-state index >= 15 is 0 Å². The summed E-state index contributed by atoms with van der Waals surface area (Å²) in [5.41, 5.74) is 1.47. The molecule has 2 nitrogen and oxygen atoms in total. The predicted octanol–water partition coefficient (Wildman–Crippen LogP) is 3.01. The van der Waals surface area contributed by atoms with Crippen LogP contribution in [-0.4, -0.2) is 21.8 Å². The van der Waals surface area contributed by atoms with Gasteiger partial charge in [-0.3, -0.25) is 4.21 Å². The Morgan fingerprint density at radius 1 is 1.38 bits per heavy atom. The lowest BCUT2D eigenvalue weighted by Gasteiger charge is -2.20. The molecule has 2 rings (SSSR count). The SMILES string of the molecule is CC(OC=C1CCCCC1)C1CCS(=O)C1. The Morgan fingerprint density at radius 3 is 2.75 bits per heavy atom. The Labute approximate surface area is 101 Å². The molecule has 0 radical (unpaired) electrons. The van der Waals surface area contributed by atoms with Crippen LogP contribution in [0, 0.1) is 5.92 Å². The first-order valence-corrected chi connectivity index (χ1v) is 7.93. The zero-order valence-electron chi connectivity index (χ0n) is 10.1. The van der Waals surface area contributed by atoms with Gasteiger partial charge >= 0.3 is 0 Å². The van der Waals surface area contributed by atoms with Crippen molar-refractivity contribution in [3.05, 3.63) is 11.8 Å². The lowest BCUT2D eigenvalue weighted by Crippen LogP contribution is -2.19. The molecule has 92 valence electrons. The molecule has 0 aromatic heterocycles. The largest absolute Gasteiger partial charge is 0.498 e. The van der Waals surface area contributed by atoms with Crippen molar-refractivity contribution in [1.29, 1.82) is 0 Å². The van der Waals surface area contributed by atoms with Gasteiger partial charge < -0.3 is 4.74 Å². The van der Waals surface area contributed by atoms with Gasteiger partial charge in [-0.1, -0.05) is 6.42 Å². The van der Waals surface area contributed by atoms with Crippen LogP contribution in [0.2, 0.25) is 0 Å². The highest BCUT2D eigenvalue weighted by Gasteiger charge is 2.26. The van der Waals surface area contributed by atoms with E-state index in [1.807, 2.05) is 6.26 Å². The molecule has 3 unspecified atom stereocenters. The Morgan fingerprint density at radius 2 is 2.12 bits per heavy atom. The van der Waals surface area contributed by atoms with Crippen molar-refractivity contribution in [3.8, 4) is 0 Å². The fourth-order valence-corrected chi connectivity index (χ4v) is 4.14. The average molecular weight is 242 g/mol. The van der Waals surface area contributed by atoms with Crippen LogP contribution in [0.5, 0.6) is 0 Å². The zero-order chi connectivity index (χ0) is 11.4. The maximum atomic E-state index is 11.3. The Balaban J connectivity index is 1.78. The molecular weight excluding hydrogens is 220 g/mol. The van der Waals surface area contributed by atoms with Crippen LogP contribution < -0.4 is 0 Å². The molecule has 0 spiro atoms. The van der Waals surface area contributed by atoms with Crippen molar-refractivity contribution in [2.24, 2.45) is 5.92 Å². The highest BCUT2D eigenvalue weighted by Crippen LogP contribution is 2.25. The van der Waals surface area contributed by atoms with Crippen LogP contribution in [0.4, 0.5) is 0 Å². The second-order valence-electron chi connectivity index (χ2n) is 5.04. The number of ether oxygens (including phenoxy) is 1. The van der Waals surface area contributed by atoms with Crippen LogP contribution in [0.3, 0.4) is 0 Å². The number of rotatable bonds is 3. The van der Waals surface area contributed by atoms with Crippen LogP contribution >= 0.6 is 0 Å². The van der Waals surface area contributed by atoms with E-state index in [2.05, 4.69) is 6.92 Å². The molecule has 0 bridgehead atoms. The van der Waals surface area contributed by atoms with Gasteiger partial charge in [0.25, 0.3) is 0 Å². The van der Waals surface area contributed by atoms with E-state index in [0.29, 0.717) is 5.92 Å². The summed E-state index contributed by atoms with van der Waals surface area (Å²) in [6, 6.07) is 0. The third kappa shape index (κ3) is 3.34. The third-order valence-electron chi connectivity index (χ3n) is 3.73. The number of hydrogen-bond acceptors (Lipinski definition) is 2. The summed E-state index contributed by atoms with van der Waals surface area (Å²) in [5.74, 6) is 2.21. The minimum Gasteiger partial charge on any atom is -0.498 e. The topological polar surface area (TPSA) is 26.3 Å². The van der Waals surface area contributed by atoms with Gasteiger partial charge in [-0.2, -0.15) is 0 Å². The summed E-state index contributed by atoms with van der Waals surface area (Å²) < 4.78 is 17.1. The van der Waals surface area contributed by atoms with Crippen molar-refractivity contribution in [2.75, 3.05) is 11.5 Å². The van der Waals surface area contributed by atoms with E-state index in [-0.39, 0.29) is 6.10 Å². The summed E-state index contributed by atoms with van der Waals surface area (Å²) in [5, 5.41) is 0. The van der Waals surface area contributed by atoms with Crippen molar-refractivity contribution in [1.82, 2.24) is 0 Å². The van der Waals surface area contributed by atoms with Gasteiger partial charge in [0.2, 0.25) is 0 Å². The minimum absolute atomic E-state index is 0.237. The second kappa shape index (κ2) is 5.85. The van der Waals surface area contributed by atoms with E-state index in [0.717, 1.165) is 17.9 Å². The molecule has 0 amide bonds. The molecular formula is C13H22O2S. The van der Waals surface area contributed by atoms with Crippen molar-refractivity contribution >= 4 is 10.8 Å². The molecule has 1 aliphatic carbocycles. The van der Waals surface area contributed by atoms with E-state index in [9.17, 15) is 4.21 Å². The third-order valence-corrected chi connectivity index (χ3v) is 5.22. The van der Waals surface area contributed by atoms with Crippen molar-refractivity contribution in [2.45, 2.75) is 51.6 Å². The molecule has 3 heteroatoms. The highest BCUT2D eigenvalue weighted by molar-refractivity contribution is 7.85. The van der Waals surface area contributed by atoms with Gasteiger partial charge in [-0.25, -0.2) is 0 Å². The standard InChI is InChI=1S/C13H22O2S/c1-11(13-7-8-16(14)10-13)15-9-12-5-3-2-4-6-12/h9,11,13H,2-8,10H2,1H3. The Kier molecular flexibility index (Phi) is 4.45. The zero-order valence-corrected chi connectivity index (χ0v) is 10.9. The first-order chi connectivity index (χ1) is 7.75. The van der Waals surface area contributed by atoms with Gasteiger partial charge in [0, 0.05) is 28.2 Å². The Bertz CT molecular complexity index is 278. The molecule has 1 saturated heterocycles. The first kappa shape index (κ1) is 12.2. The first-order valence-electron chi connectivity index (χ1n) is 6.44. The molecule has 2 fully saturated rings. The van der Waals surface area contributed by atoms with E-state index < -0.39 is 10.8 Å². The number of hydrogen-bond donors (Lipinski definition) is 0. The fourth-order valence-electron chi connectivity index (χ4n) is 2.50. The average Bonchev–Trinajstić information content (AvgIpc) is 2.74. The molecule has 1 saturated carbocycles. The van der Waals surface area contributed by atoms with E-state index in [1.165, 1.54) is 37.7 Å². The maximum absolute atomic E-state index is 11.3. The van der Waals surface area contributed by atoms with Gasteiger partial charge in [0.1, 0.15) is 0 Å². The van der Waals surface area contributed by atoms with Crippen LogP contribution in [0.15, 0.2) is 11.8 Å². The molecule has 1 heterocycles. The van der Waals surface area contributed by atoms with E-state index in [4.69, 9.17) is 4.74 Å². The molecule has 3 atom stereocenters. The van der Waals surface area contributed by atoms with Crippen molar-refractivity contribution < 1.29 is 8.95 Å². The van der Waals surface area contributed by atoms with Gasteiger partial charge in [0.15, 0.2) is 0 Å². The lowest BCUT2D eigenvalue weighted by atomic mass is 9.96. The highest BCUT2D eigenvalue weighted by atomic mass is 32.2. The van der Waals surface area contributed by atoms with Crippen molar-refractivity contribution in [3.63, 3.8) is 0 Å². The second-order valence-corrected chi connectivity index (χ2v) is 6.66. The molecule has 0 N–H and O–H groups in total. The smallest absolute Gasteiger partial charge is 0.0987 e. The summed E-state index contributed by atoms with van der Waals surface area (Å²) in [6.45, 7) is 2.12. The lowest BCUT2D eigenvalue weighted by molar-refractivity contribution is 0.110. The predicted molar refractivity (Wildman–Crippen MR) is 67.7 cm³/mol. The minimum atomic E-state index is -0.582.